The van der Waals surface area contributed by atoms with Gasteiger partial charge >= 0.3 is 6.18 Å². The molecule has 0 bridgehead atoms. The molecule has 0 saturated carbocycles. The third-order valence-electron chi connectivity index (χ3n) is 10.5. The zero-order valence-corrected chi connectivity index (χ0v) is 30.8. The van der Waals surface area contributed by atoms with E-state index in [1.165, 1.54) is 30.3 Å². The maximum atomic E-state index is 14.7. The van der Waals surface area contributed by atoms with Gasteiger partial charge in [0.1, 0.15) is 23.4 Å². The number of imidazole rings is 1. The number of benzene rings is 2. The fraction of sp³-hybridized carbons (Fsp3) is 0.462. The molecule has 5 N–H and O–H groups in total. The number of aromatic amines is 1. The molecule has 0 saturated heterocycles. The van der Waals surface area contributed by atoms with Crippen LogP contribution in [0.15, 0.2) is 61.2 Å². The Hall–Kier alpha value is -5.21. The summed E-state index contributed by atoms with van der Waals surface area (Å²) >= 11 is 0. The van der Waals surface area contributed by atoms with E-state index in [2.05, 4.69) is 31.2 Å². The summed E-state index contributed by atoms with van der Waals surface area (Å²) < 4.78 is 58.3. The number of carbonyl (C=O) groups is 4. The van der Waals surface area contributed by atoms with E-state index in [-0.39, 0.29) is 54.6 Å². The van der Waals surface area contributed by atoms with Crippen molar-refractivity contribution in [2.75, 3.05) is 6.54 Å². The third kappa shape index (κ3) is 8.93. The number of alkyl halides is 3. The lowest BCUT2D eigenvalue weighted by Gasteiger charge is -2.39. The topological polar surface area (TPSA) is 150 Å². The number of aryl methyl sites for hydroxylation is 1. The average Bonchev–Trinajstić information content (AvgIpc) is 3.80. The Morgan fingerprint density at radius 2 is 1.67 bits per heavy atom. The van der Waals surface area contributed by atoms with Crippen molar-refractivity contribution in [1.82, 2.24) is 35.8 Å². The number of hydrogen-bond acceptors (Lipinski definition) is 5. The van der Waals surface area contributed by atoms with Crippen LogP contribution in [0.1, 0.15) is 69.3 Å². The zero-order valence-electron chi connectivity index (χ0n) is 30.8. The molecule has 1 aliphatic rings. The fourth-order valence-corrected chi connectivity index (χ4v) is 6.94. The predicted molar refractivity (Wildman–Crippen MR) is 194 cm³/mol. The van der Waals surface area contributed by atoms with Crippen LogP contribution in [0, 0.1) is 17.7 Å². The molecule has 5 atom stereocenters. The third-order valence-corrected chi connectivity index (χ3v) is 10.5. The minimum atomic E-state index is -4.64. The van der Waals surface area contributed by atoms with Crippen LogP contribution >= 0.6 is 0 Å². The molecule has 15 heteroatoms. The second-order valence-electron chi connectivity index (χ2n) is 14.2. The molecule has 5 rings (SSSR count). The quantitative estimate of drug-likeness (QED) is 0.109. The lowest BCUT2D eigenvalue weighted by Crippen LogP contribution is -2.67. The molecule has 4 amide bonds. The maximum absolute atomic E-state index is 14.7. The molecule has 290 valence electrons. The molecule has 2 unspecified atom stereocenters. The number of para-hydroxylation sites is 1. The van der Waals surface area contributed by atoms with Crippen molar-refractivity contribution < 1.29 is 36.7 Å². The summed E-state index contributed by atoms with van der Waals surface area (Å²) in [5.74, 6) is -3.74. The number of nitrogens with one attached hydrogen (secondary N) is 5. The van der Waals surface area contributed by atoms with Crippen LogP contribution in [-0.2, 0) is 51.2 Å². The molecule has 0 radical (unpaired) electrons. The number of halogens is 4. The smallest absolute Gasteiger partial charge is 0.358 e. The molecule has 2 heterocycles. The lowest BCUT2D eigenvalue weighted by atomic mass is 9.78. The van der Waals surface area contributed by atoms with E-state index in [9.17, 15) is 36.7 Å². The Morgan fingerprint density at radius 1 is 0.963 bits per heavy atom. The normalized spacial score (nSPS) is 17.9. The summed E-state index contributed by atoms with van der Waals surface area (Å²) in [5.41, 5.74) is -1.61. The second kappa shape index (κ2) is 16.9. The molecule has 2 aromatic heterocycles. The molecule has 2 aromatic carbocycles. The first-order valence-electron chi connectivity index (χ1n) is 18.3. The molecule has 1 aliphatic carbocycles. The van der Waals surface area contributed by atoms with E-state index in [1.807, 2.05) is 20.8 Å². The molecule has 0 spiro atoms. The molecule has 4 aromatic rings. The van der Waals surface area contributed by atoms with Gasteiger partial charge in [-0.05, 0) is 47.9 Å². The standard InChI is InChI=1S/C39H47F4N7O4/c1-5-23(3)32(35(52)45-17-19-50-18-16-44-22-50)48-37(54)38(15-14-30-27(21-38)26-11-9-12-28(34(26)46-30)39(41,42)43)49-36(53)33(24(4)6-2)47-31(51)20-25-10-7-8-13-29(25)40/h7-13,16,18,22-24,32-33,46H,5-6,14-15,17,19-21H2,1-4H3,(H,45,52)(H,47,51)(H,48,54)(H,49,53)/t23-,24?,32?,33-,38+/m0/s1. The number of nitrogens with zero attached hydrogens (tertiary/aromatic N) is 2. The highest BCUT2D eigenvalue weighted by molar-refractivity contribution is 5.98. The van der Waals surface area contributed by atoms with Gasteiger partial charge in [0, 0.05) is 43.0 Å². The Morgan fingerprint density at radius 3 is 2.31 bits per heavy atom. The van der Waals surface area contributed by atoms with E-state index in [4.69, 9.17) is 0 Å². The van der Waals surface area contributed by atoms with Crippen molar-refractivity contribution in [3.63, 3.8) is 0 Å². The summed E-state index contributed by atoms with van der Waals surface area (Å²) in [4.78, 5) is 62.7. The number of rotatable bonds is 15. The minimum Gasteiger partial charge on any atom is -0.358 e. The van der Waals surface area contributed by atoms with Gasteiger partial charge in [-0.15, -0.1) is 0 Å². The van der Waals surface area contributed by atoms with Gasteiger partial charge in [-0.2, -0.15) is 13.2 Å². The highest BCUT2D eigenvalue weighted by Crippen LogP contribution is 2.40. The highest BCUT2D eigenvalue weighted by Gasteiger charge is 2.47. The first kappa shape index (κ1) is 40.0. The summed E-state index contributed by atoms with van der Waals surface area (Å²) in [6.45, 7) is 7.96. The van der Waals surface area contributed by atoms with Crippen molar-refractivity contribution in [2.24, 2.45) is 11.8 Å². The van der Waals surface area contributed by atoms with Crippen molar-refractivity contribution >= 4 is 34.5 Å². The molecular weight excluding hydrogens is 706 g/mol. The molecule has 11 nitrogen and oxygen atoms in total. The van der Waals surface area contributed by atoms with Gasteiger partial charge in [0.15, 0.2) is 0 Å². The van der Waals surface area contributed by atoms with Crippen molar-refractivity contribution in [2.45, 2.75) is 96.6 Å². The van der Waals surface area contributed by atoms with Gasteiger partial charge in [0.2, 0.25) is 23.6 Å². The highest BCUT2D eigenvalue weighted by atomic mass is 19.4. The number of H-pyrrole nitrogens is 1. The summed E-state index contributed by atoms with van der Waals surface area (Å²) in [6.07, 6.45) is 0.891. The maximum Gasteiger partial charge on any atom is 0.418 e. The van der Waals surface area contributed by atoms with Gasteiger partial charge < -0.3 is 30.8 Å². The van der Waals surface area contributed by atoms with Crippen molar-refractivity contribution in [3.8, 4) is 0 Å². The Balaban J connectivity index is 1.47. The summed E-state index contributed by atoms with van der Waals surface area (Å²) in [5, 5.41) is 11.7. The number of aromatic nitrogens is 3. The van der Waals surface area contributed by atoms with Gasteiger partial charge in [-0.3, -0.25) is 19.2 Å². The average molecular weight is 754 g/mol. The Kier molecular flexibility index (Phi) is 12.5. The van der Waals surface area contributed by atoms with Crippen LogP contribution < -0.4 is 21.3 Å². The van der Waals surface area contributed by atoms with E-state index >= 15 is 0 Å². The van der Waals surface area contributed by atoms with Gasteiger partial charge in [-0.1, -0.05) is 70.9 Å². The van der Waals surface area contributed by atoms with Crippen LogP contribution in [0.2, 0.25) is 0 Å². The van der Waals surface area contributed by atoms with Crippen molar-refractivity contribution in [1.29, 1.82) is 0 Å². The second-order valence-corrected chi connectivity index (χ2v) is 14.2. The number of hydrogen-bond donors (Lipinski definition) is 5. The number of carbonyl (C=O) groups excluding carboxylic acids is 4. The first-order valence-corrected chi connectivity index (χ1v) is 18.3. The van der Waals surface area contributed by atoms with E-state index in [0.717, 1.165) is 6.07 Å². The largest absolute Gasteiger partial charge is 0.418 e. The van der Waals surface area contributed by atoms with Gasteiger partial charge in [0.05, 0.1) is 23.8 Å². The van der Waals surface area contributed by atoms with Gasteiger partial charge in [-0.25, -0.2) is 9.37 Å². The summed E-state index contributed by atoms with van der Waals surface area (Å²) in [7, 11) is 0. The van der Waals surface area contributed by atoms with Crippen LogP contribution in [-0.4, -0.2) is 62.3 Å². The molecule has 54 heavy (non-hydrogen) atoms. The van der Waals surface area contributed by atoms with E-state index in [1.54, 1.807) is 36.3 Å². The lowest BCUT2D eigenvalue weighted by molar-refractivity contribution is -0.139. The SMILES string of the molecule is CCC(C)[C@H](NC(=O)Cc1ccccc1F)C(=O)N[C@]1(C(=O)NC(C(=O)NCCn2ccnc2)[C@@H](C)CC)CCc2[nH]c3c(C(F)(F)F)cccc3c2C1. The van der Waals surface area contributed by atoms with Crippen molar-refractivity contribution in [3.05, 3.63) is 89.4 Å². The molecule has 0 fully saturated rings. The molecule has 0 aliphatic heterocycles. The van der Waals surface area contributed by atoms with Crippen LogP contribution in [0.5, 0.6) is 0 Å². The minimum absolute atomic E-state index is 0.0163. The first-order chi connectivity index (χ1) is 25.7. The number of fused-ring (bicyclic) bond motifs is 3. The van der Waals surface area contributed by atoms with E-state index < -0.39 is 64.7 Å². The fourth-order valence-electron chi connectivity index (χ4n) is 6.94. The molecular formula is C39H47F4N7O4. The summed E-state index contributed by atoms with van der Waals surface area (Å²) in [6, 6.07) is 7.47. The predicted octanol–water partition coefficient (Wildman–Crippen LogP) is 4.99. The van der Waals surface area contributed by atoms with Crippen LogP contribution in [0.3, 0.4) is 0 Å². The monoisotopic (exact) mass is 753 g/mol. The van der Waals surface area contributed by atoms with E-state index in [0.29, 0.717) is 30.6 Å². The van der Waals surface area contributed by atoms with Crippen LogP contribution in [0.25, 0.3) is 10.9 Å². The Labute approximate surface area is 311 Å². The zero-order chi connectivity index (χ0) is 39.2. The van der Waals surface area contributed by atoms with Crippen LogP contribution in [0.4, 0.5) is 17.6 Å². The van der Waals surface area contributed by atoms with Gasteiger partial charge in [0.25, 0.3) is 0 Å². The Bertz CT molecular complexity index is 1960. The number of amides is 4.